The summed E-state index contributed by atoms with van der Waals surface area (Å²) in [4.78, 5) is 12.5. The van der Waals surface area contributed by atoms with Gasteiger partial charge in [0.1, 0.15) is 5.76 Å². The maximum Gasteiger partial charge on any atom is 0.287 e. The molecule has 138 valence electrons. The molecule has 7 nitrogen and oxygen atoms in total. The molecular weight excluding hydrogens is 354 g/mol. The second kappa shape index (κ2) is 6.44. The summed E-state index contributed by atoms with van der Waals surface area (Å²) < 4.78 is 30.9. The van der Waals surface area contributed by atoms with Crippen LogP contribution in [0, 0.1) is 0 Å². The van der Waals surface area contributed by atoms with E-state index in [-0.39, 0.29) is 17.7 Å². The summed E-state index contributed by atoms with van der Waals surface area (Å²) in [6.07, 6.45) is 4.33. The number of anilines is 1. The third kappa shape index (κ3) is 3.61. The third-order valence-corrected chi connectivity index (χ3v) is 5.50. The first-order valence-electron chi connectivity index (χ1n) is 8.62. The Morgan fingerprint density at radius 2 is 2.08 bits per heavy atom. The highest BCUT2D eigenvalue weighted by Crippen LogP contribution is 2.29. The summed E-state index contributed by atoms with van der Waals surface area (Å²) in [6.45, 7) is 0. The van der Waals surface area contributed by atoms with Crippen LogP contribution in [0.25, 0.3) is 11.3 Å². The van der Waals surface area contributed by atoms with Crippen LogP contribution in [0.3, 0.4) is 0 Å². The van der Waals surface area contributed by atoms with E-state index < -0.39 is 10.0 Å². The number of carbonyl (C=O) groups is 1. The van der Waals surface area contributed by atoms with Crippen molar-refractivity contribution in [2.45, 2.75) is 37.4 Å². The van der Waals surface area contributed by atoms with Gasteiger partial charge in [0.15, 0.2) is 5.76 Å². The van der Waals surface area contributed by atoms with Gasteiger partial charge in [-0.3, -0.25) is 9.52 Å². The van der Waals surface area contributed by atoms with Crippen LogP contribution in [-0.2, 0) is 10.0 Å². The average Bonchev–Trinajstić information content (AvgIpc) is 3.30. The number of nitrogens with one attached hydrogen (secondary N) is 3. The number of sulfonamides is 1. The highest BCUT2D eigenvalue weighted by atomic mass is 32.2. The van der Waals surface area contributed by atoms with E-state index in [2.05, 4.69) is 15.4 Å². The molecule has 3 atom stereocenters. The van der Waals surface area contributed by atoms with Gasteiger partial charge in [0.05, 0.1) is 6.26 Å². The number of benzene rings is 1. The fourth-order valence-electron chi connectivity index (χ4n) is 3.79. The molecule has 2 fully saturated rings. The Labute approximate surface area is 152 Å². The highest BCUT2D eigenvalue weighted by Gasteiger charge is 2.39. The van der Waals surface area contributed by atoms with Crippen LogP contribution in [0.1, 0.15) is 29.8 Å². The summed E-state index contributed by atoms with van der Waals surface area (Å²) in [5.41, 5.74) is 1.14. The normalized spacial score (nSPS) is 24.6. The largest absolute Gasteiger partial charge is 0.451 e. The molecule has 2 aliphatic rings. The van der Waals surface area contributed by atoms with Crippen LogP contribution in [0.2, 0.25) is 0 Å². The van der Waals surface area contributed by atoms with E-state index in [9.17, 15) is 13.2 Å². The molecule has 0 aliphatic carbocycles. The van der Waals surface area contributed by atoms with Gasteiger partial charge in [-0.25, -0.2) is 8.42 Å². The summed E-state index contributed by atoms with van der Waals surface area (Å²) in [7, 11) is -3.35. The second-order valence-corrected chi connectivity index (χ2v) is 8.73. The van der Waals surface area contributed by atoms with Gasteiger partial charge >= 0.3 is 0 Å². The first-order valence-corrected chi connectivity index (χ1v) is 10.5. The van der Waals surface area contributed by atoms with Crippen molar-refractivity contribution in [2.75, 3.05) is 11.0 Å². The van der Waals surface area contributed by atoms with Crippen molar-refractivity contribution in [3.8, 4) is 11.3 Å². The molecule has 1 aromatic carbocycles. The molecule has 1 amide bonds. The Balaban J connectivity index is 1.47. The average molecular weight is 375 g/mol. The molecule has 3 unspecified atom stereocenters. The minimum atomic E-state index is -3.35. The van der Waals surface area contributed by atoms with Gasteiger partial charge in [0.25, 0.3) is 5.91 Å². The Bertz CT molecular complexity index is 937. The summed E-state index contributed by atoms with van der Waals surface area (Å²) >= 11 is 0. The molecule has 3 N–H and O–H groups in total. The third-order valence-electron chi connectivity index (χ3n) is 4.90. The lowest BCUT2D eigenvalue weighted by atomic mass is 9.95. The standard InChI is InChI=1S/C18H21N3O4S/c1-26(23,24)21-13-4-2-3-11(9-13)16-7-8-17(25-16)18(22)20-15-10-12-5-6-14(15)19-12/h2-4,7-9,12,14-15,19,21H,5-6,10H2,1H3,(H,20,22). The van der Waals surface area contributed by atoms with E-state index in [1.165, 1.54) is 6.42 Å². The summed E-state index contributed by atoms with van der Waals surface area (Å²) in [5.74, 6) is 0.545. The minimum Gasteiger partial charge on any atom is -0.451 e. The Hall–Kier alpha value is -2.32. The van der Waals surface area contributed by atoms with E-state index in [1.807, 2.05) is 0 Å². The second-order valence-electron chi connectivity index (χ2n) is 6.98. The van der Waals surface area contributed by atoms with E-state index in [0.717, 1.165) is 19.1 Å². The molecule has 0 saturated carbocycles. The van der Waals surface area contributed by atoms with Crippen molar-refractivity contribution >= 4 is 21.6 Å². The van der Waals surface area contributed by atoms with Crippen molar-refractivity contribution in [3.05, 3.63) is 42.2 Å². The number of carbonyl (C=O) groups excluding carboxylic acids is 1. The van der Waals surface area contributed by atoms with Crippen LogP contribution >= 0.6 is 0 Å². The zero-order chi connectivity index (χ0) is 18.3. The van der Waals surface area contributed by atoms with E-state index in [0.29, 0.717) is 29.1 Å². The number of fused-ring (bicyclic) bond motifs is 2. The van der Waals surface area contributed by atoms with Gasteiger partial charge in [0.2, 0.25) is 10.0 Å². The van der Waals surface area contributed by atoms with Crippen molar-refractivity contribution in [1.29, 1.82) is 0 Å². The molecule has 3 heterocycles. The number of hydrogen-bond donors (Lipinski definition) is 3. The van der Waals surface area contributed by atoms with Crippen LogP contribution in [0.5, 0.6) is 0 Å². The van der Waals surface area contributed by atoms with Gasteiger partial charge in [-0.15, -0.1) is 0 Å². The van der Waals surface area contributed by atoms with Gasteiger partial charge in [0, 0.05) is 29.4 Å². The maximum atomic E-state index is 12.5. The molecule has 26 heavy (non-hydrogen) atoms. The summed E-state index contributed by atoms with van der Waals surface area (Å²) in [5, 5.41) is 6.54. The van der Waals surface area contributed by atoms with E-state index in [4.69, 9.17) is 4.42 Å². The predicted molar refractivity (Wildman–Crippen MR) is 98.4 cm³/mol. The Morgan fingerprint density at radius 1 is 1.23 bits per heavy atom. The SMILES string of the molecule is CS(=O)(=O)Nc1cccc(-c2ccc(C(=O)NC3CC4CCC3N4)o2)c1. The topological polar surface area (TPSA) is 100 Å². The molecule has 8 heteroatoms. The molecule has 0 spiro atoms. The molecular formula is C18H21N3O4S. The van der Waals surface area contributed by atoms with Crippen LogP contribution in [0.4, 0.5) is 5.69 Å². The zero-order valence-corrected chi connectivity index (χ0v) is 15.2. The molecule has 2 aliphatic heterocycles. The van der Waals surface area contributed by atoms with Crippen molar-refractivity contribution in [1.82, 2.24) is 10.6 Å². The highest BCUT2D eigenvalue weighted by molar-refractivity contribution is 7.92. The minimum absolute atomic E-state index is 0.150. The number of amides is 1. The number of rotatable bonds is 5. The van der Waals surface area contributed by atoms with Crippen LogP contribution in [0.15, 0.2) is 40.8 Å². The molecule has 2 saturated heterocycles. The number of hydrogen-bond acceptors (Lipinski definition) is 5. The monoisotopic (exact) mass is 375 g/mol. The predicted octanol–water partition coefficient (Wildman–Crippen LogP) is 1.94. The van der Waals surface area contributed by atoms with E-state index in [1.54, 1.807) is 36.4 Å². The zero-order valence-electron chi connectivity index (χ0n) is 14.4. The molecule has 2 aromatic rings. The number of furan rings is 1. The Kier molecular flexibility index (Phi) is 4.24. The molecule has 0 radical (unpaired) electrons. The van der Waals surface area contributed by atoms with Crippen LogP contribution < -0.4 is 15.4 Å². The summed E-state index contributed by atoms with van der Waals surface area (Å²) in [6, 6.07) is 11.2. The van der Waals surface area contributed by atoms with Gasteiger partial charge in [-0.05, 0) is 43.5 Å². The lowest BCUT2D eigenvalue weighted by Crippen LogP contribution is -2.42. The quantitative estimate of drug-likeness (QED) is 0.742. The fraction of sp³-hybridized carbons (Fsp3) is 0.389. The van der Waals surface area contributed by atoms with Gasteiger partial charge < -0.3 is 15.1 Å². The van der Waals surface area contributed by atoms with E-state index >= 15 is 0 Å². The lowest BCUT2D eigenvalue weighted by molar-refractivity contribution is 0.0903. The van der Waals surface area contributed by atoms with Crippen molar-refractivity contribution < 1.29 is 17.6 Å². The fourth-order valence-corrected chi connectivity index (χ4v) is 4.34. The first kappa shape index (κ1) is 17.1. The van der Waals surface area contributed by atoms with Crippen molar-refractivity contribution in [3.63, 3.8) is 0 Å². The maximum absolute atomic E-state index is 12.5. The molecule has 4 rings (SSSR count). The van der Waals surface area contributed by atoms with Gasteiger partial charge in [-0.1, -0.05) is 12.1 Å². The Morgan fingerprint density at radius 3 is 2.77 bits per heavy atom. The first-order chi connectivity index (χ1) is 12.4. The smallest absolute Gasteiger partial charge is 0.287 e. The molecule has 2 bridgehead atoms. The van der Waals surface area contributed by atoms with Gasteiger partial charge in [-0.2, -0.15) is 0 Å². The molecule has 1 aromatic heterocycles. The lowest BCUT2D eigenvalue weighted by Gasteiger charge is -2.20. The van der Waals surface area contributed by atoms with Crippen molar-refractivity contribution in [2.24, 2.45) is 0 Å². The van der Waals surface area contributed by atoms with Crippen LogP contribution in [-0.4, -0.2) is 38.7 Å².